The van der Waals surface area contributed by atoms with Gasteiger partial charge in [0, 0.05) is 7.11 Å². The van der Waals surface area contributed by atoms with E-state index >= 15 is 0 Å². The minimum atomic E-state index is 0.571. The summed E-state index contributed by atoms with van der Waals surface area (Å²) in [6.45, 7) is 2.33. The van der Waals surface area contributed by atoms with E-state index in [2.05, 4.69) is 6.92 Å². The van der Waals surface area contributed by atoms with Crippen LogP contribution in [0.3, 0.4) is 0 Å². The molecule has 1 aliphatic rings. The van der Waals surface area contributed by atoms with E-state index in [1.165, 1.54) is 25.7 Å². The Morgan fingerprint density at radius 1 is 1.11 bits per heavy atom. The Morgan fingerprint density at radius 2 is 1.67 bits per heavy atom. The highest BCUT2D eigenvalue weighted by atomic mass is 16.5. The van der Waals surface area contributed by atoms with Crippen LogP contribution in [0.2, 0.25) is 0 Å². The Hall–Kier alpha value is -0.0400. The first kappa shape index (κ1) is 7.07. The number of hydrogen-bond acceptors (Lipinski definition) is 1. The minimum Gasteiger partial charge on any atom is -0.381 e. The molecule has 1 nitrogen and oxygen atoms in total. The summed E-state index contributed by atoms with van der Waals surface area (Å²) in [6.07, 6.45) is 5.84. The molecular weight excluding hydrogens is 112 g/mol. The first-order chi connectivity index (χ1) is 4.33. The van der Waals surface area contributed by atoms with E-state index in [0.717, 1.165) is 5.92 Å². The molecule has 1 aliphatic carbocycles. The zero-order valence-electron chi connectivity index (χ0n) is 6.39. The predicted octanol–water partition coefficient (Wildman–Crippen LogP) is 2.21. The molecule has 0 aromatic carbocycles. The highest BCUT2D eigenvalue weighted by molar-refractivity contribution is 4.68. The largest absolute Gasteiger partial charge is 0.381 e. The van der Waals surface area contributed by atoms with Crippen LogP contribution >= 0.6 is 0 Å². The molecule has 9 heavy (non-hydrogen) atoms. The van der Waals surface area contributed by atoms with Gasteiger partial charge in [0.25, 0.3) is 0 Å². The average molecular weight is 128 g/mol. The standard InChI is InChI=1S/C8H16O/c1-7-3-5-8(9-2)6-4-7/h7-8H,3-6H2,1-2H3/t7-,8+. The van der Waals surface area contributed by atoms with Gasteiger partial charge in [0.1, 0.15) is 0 Å². The third-order valence-electron chi connectivity index (χ3n) is 2.30. The summed E-state index contributed by atoms with van der Waals surface area (Å²) >= 11 is 0. The van der Waals surface area contributed by atoms with Gasteiger partial charge in [0.15, 0.2) is 0 Å². The summed E-state index contributed by atoms with van der Waals surface area (Å²) in [4.78, 5) is 0. The van der Waals surface area contributed by atoms with E-state index in [4.69, 9.17) is 4.74 Å². The molecule has 0 atom stereocenters. The van der Waals surface area contributed by atoms with Gasteiger partial charge in [-0.15, -0.1) is 0 Å². The molecule has 1 heteroatoms. The van der Waals surface area contributed by atoms with E-state index in [-0.39, 0.29) is 0 Å². The van der Waals surface area contributed by atoms with E-state index in [9.17, 15) is 0 Å². The van der Waals surface area contributed by atoms with Gasteiger partial charge in [-0.3, -0.25) is 0 Å². The predicted molar refractivity (Wildman–Crippen MR) is 38.4 cm³/mol. The van der Waals surface area contributed by atoms with E-state index in [1.807, 2.05) is 7.11 Å². The van der Waals surface area contributed by atoms with Crippen LogP contribution < -0.4 is 0 Å². The summed E-state index contributed by atoms with van der Waals surface area (Å²) in [7, 11) is 1.82. The number of methoxy groups -OCH3 is 1. The molecule has 0 amide bonds. The van der Waals surface area contributed by atoms with Crippen molar-refractivity contribution in [1.29, 1.82) is 0 Å². The first-order valence-electron chi connectivity index (χ1n) is 3.85. The molecule has 0 aromatic heterocycles. The molecule has 1 fully saturated rings. The van der Waals surface area contributed by atoms with E-state index < -0.39 is 0 Å². The average Bonchev–Trinajstić information content (AvgIpc) is 1.90. The van der Waals surface area contributed by atoms with E-state index in [0.29, 0.717) is 6.10 Å². The van der Waals surface area contributed by atoms with Crippen LogP contribution in [0.1, 0.15) is 32.6 Å². The van der Waals surface area contributed by atoms with Crippen LogP contribution in [0.5, 0.6) is 0 Å². The maximum Gasteiger partial charge on any atom is 0.0571 e. The molecule has 0 spiro atoms. The second-order valence-corrected chi connectivity index (χ2v) is 3.12. The van der Waals surface area contributed by atoms with Gasteiger partial charge in [0.05, 0.1) is 6.10 Å². The monoisotopic (exact) mass is 128 g/mol. The van der Waals surface area contributed by atoms with Crippen LogP contribution in [-0.2, 0) is 4.74 Å². The van der Waals surface area contributed by atoms with Gasteiger partial charge in [-0.05, 0) is 31.6 Å². The van der Waals surface area contributed by atoms with Gasteiger partial charge < -0.3 is 4.74 Å². The van der Waals surface area contributed by atoms with Crippen molar-refractivity contribution in [3.63, 3.8) is 0 Å². The highest BCUT2D eigenvalue weighted by Crippen LogP contribution is 2.24. The van der Waals surface area contributed by atoms with Crippen molar-refractivity contribution in [2.75, 3.05) is 7.11 Å². The van der Waals surface area contributed by atoms with Crippen molar-refractivity contribution in [2.24, 2.45) is 5.92 Å². The van der Waals surface area contributed by atoms with Crippen LogP contribution in [0.15, 0.2) is 0 Å². The smallest absolute Gasteiger partial charge is 0.0571 e. The molecule has 0 heterocycles. The van der Waals surface area contributed by atoms with Crippen LogP contribution in [0.4, 0.5) is 0 Å². The zero-order chi connectivity index (χ0) is 6.69. The lowest BCUT2D eigenvalue weighted by Gasteiger charge is -2.24. The van der Waals surface area contributed by atoms with Gasteiger partial charge in [-0.2, -0.15) is 0 Å². The lowest BCUT2D eigenvalue weighted by Crippen LogP contribution is -2.18. The molecule has 1 saturated carbocycles. The lowest BCUT2D eigenvalue weighted by molar-refractivity contribution is 0.0593. The van der Waals surface area contributed by atoms with Gasteiger partial charge in [-0.25, -0.2) is 0 Å². The summed E-state index contributed by atoms with van der Waals surface area (Å²) in [5.74, 6) is 0.941. The van der Waals surface area contributed by atoms with Crippen molar-refractivity contribution in [3.8, 4) is 0 Å². The molecule has 0 unspecified atom stereocenters. The van der Waals surface area contributed by atoms with Crippen LogP contribution in [0.25, 0.3) is 0 Å². The fourth-order valence-electron chi connectivity index (χ4n) is 1.47. The van der Waals surface area contributed by atoms with Crippen LogP contribution in [-0.4, -0.2) is 13.2 Å². The van der Waals surface area contributed by atoms with Gasteiger partial charge in [-0.1, -0.05) is 6.92 Å². The molecule has 0 N–H and O–H groups in total. The Kier molecular flexibility index (Phi) is 2.52. The van der Waals surface area contributed by atoms with E-state index in [1.54, 1.807) is 0 Å². The van der Waals surface area contributed by atoms with Gasteiger partial charge in [0.2, 0.25) is 0 Å². The first-order valence-corrected chi connectivity index (χ1v) is 3.85. The molecule has 0 aromatic rings. The number of hydrogen-bond donors (Lipinski definition) is 0. The van der Waals surface area contributed by atoms with Crippen molar-refractivity contribution in [2.45, 2.75) is 38.7 Å². The lowest BCUT2D eigenvalue weighted by atomic mass is 9.89. The third-order valence-corrected chi connectivity index (χ3v) is 2.30. The summed E-state index contributed by atoms with van der Waals surface area (Å²) in [6, 6.07) is 0. The molecular formula is C8H16O. The van der Waals surface area contributed by atoms with Crippen LogP contribution in [0, 0.1) is 5.92 Å². The Balaban J connectivity index is 2.18. The van der Waals surface area contributed by atoms with Gasteiger partial charge >= 0.3 is 0 Å². The summed E-state index contributed by atoms with van der Waals surface area (Å²) in [5, 5.41) is 0. The third kappa shape index (κ3) is 1.98. The van der Waals surface area contributed by atoms with Crippen molar-refractivity contribution >= 4 is 0 Å². The molecule has 0 bridgehead atoms. The zero-order valence-corrected chi connectivity index (χ0v) is 6.39. The topological polar surface area (TPSA) is 9.23 Å². The number of rotatable bonds is 1. The Bertz CT molecular complexity index is 72.6. The fraction of sp³-hybridized carbons (Fsp3) is 1.00. The molecule has 0 radical (unpaired) electrons. The molecule has 54 valence electrons. The molecule has 0 aliphatic heterocycles. The quantitative estimate of drug-likeness (QED) is 0.526. The van der Waals surface area contributed by atoms with Crippen molar-refractivity contribution in [3.05, 3.63) is 0 Å². The number of ether oxygens (including phenoxy) is 1. The summed E-state index contributed by atoms with van der Waals surface area (Å²) in [5.41, 5.74) is 0. The minimum absolute atomic E-state index is 0.571. The second kappa shape index (κ2) is 3.21. The second-order valence-electron chi connectivity index (χ2n) is 3.12. The normalized spacial score (nSPS) is 36.7. The van der Waals surface area contributed by atoms with Crippen molar-refractivity contribution in [1.82, 2.24) is 0 Å². The Morgan fingerprint density at radius 3 is 2.11 bits per heavy atom. The maximum atomic E-state index is 5.24. The Labute approximate surface area is 57.4 Å². The highest BCUT2D eigenvalue weighted by Gasteiger charge is 2.16. The maximum absolute atomic E-state index is 5.24. The molecule has 0 saturated heterocycles. The fourth-order valence-corrected chi connectivity index (χ4v) is 1.47. The van der Waals surface area contributed by atoms with Crippen molar-refractivity contribution < 1.29 is 4.74 Å². The molecule has 1 rings (SSSR count). The summed E-state index contributed by atoms with van der Waals surface area (Å²) < 4.78 is 5.24. The SMILES string of the molecule is CO[C@H]1CC[C@@H](C)CC1.